The number of aliphatic hydroxyl groups excluding tert-OH is 1. The molecule has 0 aromatic heterocycles. The van der Waals surface area contributed by atoms with Gasteiger partial charge < -0.3 is 29.5 Å². The minimum atomic E-state index is -0.882. The monoisotopic (exact) mass is 579 g/mol. The van der Waals surface area contributed by atoms with Gasteiger partial charge in [0.2, 0.25) is 0 Å². The van der Waals surface area contributed by atoms with Crippen LogP contribution < -0.4 is 5.32 Å². The van der Waals surface area contributed by atoms with Crippen molar-refractivity contribution >= 4 is 17.6 Å². The van der Waals surface area contributed by atoms with Crippen molar-refractivity contribution in [3.05, 3.63) is 65.2 Å². The van der Waals surface area contributed by atoms with E-state index in [4.69, 9.17) is 14.2 Å². The Morgan fingerprint density at radius 3 is 2.33 bits per heavy atom. The average Bonchev–Trinajstić information content (AvgIpc) is 3.67. The maximum Gasteiger partial charge on any atom is 0.303 e. The molecule has 9 heteroatoms. The Morgan fingerprint density at radius 1 is 0.976 bits per heavy atom. The molecule has 42 heavy (non-hydrogen) atoms. The highest BCUT2D eigenvalue weighted by Crippen LogP contribution is 2.42. The third-order valence-electron chi connectivity index (χ3n) is 8.87. The molecule has 0 radical (unpaired) electrons. The van der Waals surface area contributed by atoms with Gasteiger partial charge in [0, 0.05) is 43.2 Å². The fourth-order valence-corrected chi connectivity index (χ4v) is 6.43. The number of hydrogen-bond acceptors (Lipinski definition) is 8. The molecule has 2 N–H and O–H groups in total. The van der Waals surface area contributed by atoms with Gasteiger partial charge in [0.1, 0.15) is 0 Å². The summed E-state index contributed by atoms with van der Waals surface area (Å²) in [5, 5.41) is 12.3. The first-order valence-electron chi connectivity index (χ1n) is 15.4. The minimum Gasteiger partial charge on any atom is -0.453 e. The molecule has 2 aromatic rings. The number of carbonyl (C=O) groups is 2. The van der Waals surface area contributed by atoms with Crippen molar-refractivity contribution in [2.24, 2.45) is 5.92 Å². The predicted octanol–water partition coefficient (Wildman–Crippen LogP) is 4.42. The topological polar surface area (TPSA) is 101 Å². The number of likely N-dealkylation sites (tertiary alicyclic amines) is 2. The quantitative estimate of drug-likeness (QED) is 0.399. The Balaban J connectivity index is 1.32. The van der Waals surface area contributed by atoms with Crippen LogP contribution in [-0.4, -0.2) is 77.8 Å². The number of benzene rings is 2. The maximum atomic E-state index is 12.4. The van der Waals surface area contributed by atoms with Crippen molar-refractivity contribution in [2.45, 2.75) is 83.7 Å². The van der Waals surface area contributed by atoms with Crippen LogP contribution in [0.2, 0.25) is 0 Å². The smallest absolute Gasteiger partial charge is 0.303 e. The largest absolute Gasteiger partial charge is 0.453 e. The van der Waals surface area contributed by atoms with E-state index < -0.39 is 24.3 Å². The van der Waals surface area contributed by atoms with Gasteiger partial charge in [-0.25, -0.2) is 0 Å². The number of esters is 1. The molecule has 3 heterocycles. The molecule has 2 aromatic carbocycles. The highest BCUT2D eigenvalue weighted by atomic mass is 16.7. The van der Waals surface area contributed by atoms with Gasteiger partial charge in [0.25, 0.3) is 5.91 Å². The van der Waals surface area contributed by atoms with Crippen molar-refractivity contribution in [2.75, 3.05) is 38.0 Å². The number of nitrogens with one attached hydrogen (secondary N) is 1. The molecule has 0 bridgehead atoms. The van der Waals surface area contributed by atoms with Gasteiger partial charge in [0.05, 0.1) is 18.8 Å². The lowest BCUT2D eigenvalue weighted by molar-refractivity contribution is -0.276. The van der Waals surface area contributed by atoms with E-state index in [1.165, 1.54) is 45.7 Å². The van der Waals surface area contributed by atoms with E-state index in [1.54, 1.807) is 6.92 Å². The fraction of sp³-hybridized carbons (Fsp3) is 0.576. The van der Waals surface area contributed by atoms with E-state index in [0.717, 1.165) is 36.3 Å². The van der Waals surface area contributed by atoms with E-state index in [9.17, 15) is 14.7 Å². The number of aliphatic hydroxyl groups is 1. The summed E-state index contributed by atoms with van der Waals surface area (Å²) in [5.41, 5.74) is 3.40. The Kier molecular flexibility index (Phi) is 10.3. The molecular formula is C33H45N3O6. The van der Waals surface area contributed by atoms with Crippen molar-refractivity contribution in [3.8, 4) is 0 Å². The standard InChI is InChI=1S/C33H45N3O6/c1-22-30(20-36-18-6-7-29(36)19-35-16-4-5-17-35)41-33(42-31(22)26-10-8-25(21-37)9-11-26)27-12-14-28(15-13-27)34-32(39)23(2)40-24(3)38/h8-15,22-23,29-31,33,37H,4-7,16-21H2,1-3H3,(H,34,39)/t22-,23+,29+,30+,31+,33+/m1/s1. The summed E-state index contributed by atoms with van der Waals surface area (Å²) >= 11 is 0. The van der Waals surface area contributed by atoms with E-state index >= 15 is 0 Å². The van der Waals surface area contributed by atoms with Gasteiger partial charge in [-0.15, -0.1) is 0 Å². The molecule has 3 fully saturated rings. The van der Waals surface area contributed by atoms with Crippen LogP contribution in [0.1, 0.15) is 75.5 Å². The first-order chi connectivity index (χ1) is 20.3. The summed E-state index contributed by atoms with van der Waals surface area (Å²) in [5.74, 6) is -0.770. The number of anilines is 1. The lowest BCUT2D eigenvalue weighted by Gasteiger charge is -2.43. The normalized spacial score (nSPS) is 27.6. The molecule has 3 saturated heterocycles. The third-order valence-corrected chi connectivity index (χ3v) is 8.87. The Labute approximate surface area is 249 Å². The Bertz CT molecular complexity index is 1180. The van der Waals surface area contributed by atoms with Gasteiger partial charge in [-0.2, -0.15) is 0 Å². The van der Waals surface area contributed by atoms with Gasteiger partial charge >= 0.3 is 5.97 Å². The van der Waals surface area contributed by atoms with E-state index in [-0.39, 0.29) is 24.7 Å². The van der Waals surface area contributed by atoms with E-state index in [0.29, 0.717) is 11.7 Å². The number of nitrogens with zero attached hydrogens (tertiary/aromatic N) is 2. The first-order valence-corrected chi connectivity index (χ1v) is 15.4. The highest BCUT2D eigenvalue weighted by Gasteiger charge is 2.40. The molecule has 0 spiro atoms. The van der Waals surface area contributed by atoms with Crippen LogP contribution in [0.25, 0.3) is 0 Å². The summed E-state index contributed by atoms with van der Waals surface area (Å²) in [7, 11) is 0. The summed E-state index contributed by atoms with van der Waals surface area (Å²) in [6, 6.07) is 16.0. The number of ether oxygens (including phenoxy) is 3. The minimum absolute atomic E-state index is 0.00558. The lowest BCUT2D eigenvalue weighted by atomic mass is 9.90. The van der Waals surface area contributed by atoms with Crippen molar-refractivity contribution in [1.82, 2.24) is 9.80 Å². The zero-order valence-corrected chi connectivity index (χ0v) is 25.0. The van der Waals surface area contributed by atoms with Crippen LogP contribution in [0.15, 0.2) is 48.5 Å². The number of rotatable bonds is 10. The van der Waals surface area contributed by atoms with Gasteiger partial charge in [-0.3, -0.25) is 14.5 Å². The molecule has 0 aliphatic carbocycles. The number of amides is 1. The molecule has 3 aliphatic rings. The highest BCUT2D eigenvalue weighted by molar-refractivity contribution is 5.94. The van der Waals surface area contributed by atoms with Gasteiger partial charge in [-0.1, -0.05) is 43.3 Å². The summed E-state index contributed by atoms with van der Waals surface area (Å²) < 4.78 is 18.3. The second-order valence-corrected chi connectivity index (χ2v) is 12.0. The molecule has 0 saturated carbocycles. The van der Waals surface area contributed by atoms with Crippen LogP contribution >= 0.6 is 0 Å². The maximum absolute atomic E-state index is 12.4. The number of hydrogen-bond donors (Lipinski definition) is 2. The third kappa shape index (κ3) is 7.57. The van der Waals surface area contributed by atoms with Crippen LogP contribution in [0.3, 0.4) is 0 Å². The fourth-order valence-electron chi connectivity index (χ4n) is 6.43. The molecule has 6 atom stereocenters. The zero-order chi connectivity index (χ0) is 29.6. The van der Waals surface area contributed by atoms with Gasteiger partial charge in [-0.05, 0) is 75.5 Å². The summed E-state index contributed by atoms with van der Waals surface area (Å²) in [4.78, 5) is 28.8. The molecule has 0 unspecified atom stereocenters. The molecule has 9 nitrogen and oxygen atoms in total. The van der Waals surface area contributed by atoms with Crippen LogP contribution in [0.4, 0.5) is 5.69 Å². The number of carbonyl (C=O) groups excluding carboxylic acids is 2. The summed E-state index contributed by atoms with van der Waals surface area (Å²) in [6.45, 7) is 10.5. The SMILES string of the molecule is CC(=O)O[C@@H](C)C(=O)Nc1ccc([C@H]2O[C@@H](CN3CCC[C@H]3CN3CCCC3)[C@@H](C)[C@@H](c3ccc(CO)cc3)O2)cc1. The van der Waals surface area contributed by atoms with Crippen LogP contribution in [0.5, 0.6) is 0 Å². The van der Waals surface area contributed by atoms with Crippen molar-refractivity contribution < 1.29 is 28.9 Å². The molecule has 1 amide bonds. The molecule has 3 aliphatic heterocycles. The zero-order valence-electron chi connectivity index (χ0n) is 25.0. The average molecular weight is 580 g/mol. The lowest BCUT2D eigenvalue weighted by Crippen LogP contribution is -2.48. The molecular weight excluding hydrogens is 534 g/mol. The van der Waals surface area contributed by atoms with Crippen molar-refractivity contribution in [1.29, 1.82) is 0 Å². The Morgan fingerprint density at radius 2 is 1.67 bits per heavy atom. The second kappa shape index (κ2) is 14.1. The van der Waals surface area contributed by atoms with E-state index in [1.807, 2.05) is 48.5 Å². The van der Waals surface area contributed by atoms with Crippen molar-refractivity contribution in [3.63, 3.8) is 0 Å². The Hall–Kier alpha value is -2.82. The van der Waals surface area contributed by atoms with Crippen LogP contribution in [0, 0.1) is 5.92 Å². The van der Waals surface area contributed by atoms with E-state index in [2.05, 4.69) is 22.0 Å². The second-order valence-electron chi connectivity index (χ2n) is 12.0. The summed E-state index contributed by atoms with van der Waals surface area (Å²) in [6.07, 6.45) is 3.39. The molecule has 228 valence electrons. The molecule has 5 rings (SSSR count). The van der Waals surface area contributed by atoms with Gasteiger partial charge in [0.15, 0.2) is 12.4 Å². The first kappa shape index (κ1) is 30.6. The van der Waals surface area contributed by atoms with Crippen LogP contribution in [-0.2, 0) is 30.4 Å². The predicted molar refractivity (Wildman–Crippen MR) is 160 cm³/mol.